The topological polar surface area (TPSA) is 93.2 Å². The van der Waals surface area contributed by atoms with Crippen LogP contribution in [0.25, 0.3) is 5.69 Å². The Labute approximate surface area is 175 Å². The number of amides is 2. The number of aromatic nitrogens is 2. The molecule has 1 unspecified atom stereocenters. The van der Waals surface area contributed by atoms with Gasteiger partial charge in [0.05, 0.1) is 11.4 Å². The number of nitrogens with two attached hydrogens (primary N) is 1. The quantitative estimate of drug-likeness (QED) is 0.683. The lowest BCUT2D eigenvalue weighted by atomic mass is 9.99. The molecule has 154 valence electrons. The first-order chi connectivity index (χ1) is 14.5. The Balaban J connectivity index is 1.68. The number of benzene rings is 2. The van der Waals surface area contributed by atoms with Crippen molar-refractivity contribution in [2.24, 2.45) is 5.73 Å². The molecule has 1 aliphatic heterocycles. The third-order valence-electron chi connectivity index (χ3n) is 5.56. The highest BCUT2D eigenvalue weighted by atomic mass is 16.2. The maximum Gasteiger partial charge on any atom is 0.248 e. The largest absolute Gasteiger partial charge is 0.366 e. The number of hydrogen-bond acceptors (Lipinski definition) is 4. The summed E-state index contributed by atoms with van der Waals surface area (Å²) in [5.74, 6) is -0.467. The summed E-state index contributed by atoms with van der Waals surface area (Å²) in [4.78, 5) is 26.4. The molecule has 1 saturated heterocycles. The lowest BCUT2D eigenvalue weighted by Crippen LogP contribution is -2.49. The summed E-state index contributed by atoms with van der Waals surface area (Å²) >= 11 is 0. The molecule has 3 aromatic rings. The molecule has 1 atom stereocenters. The standard InChI is InChI=1S/C23H25N5O2/c1-15-20(16(2)28(26-15)19-6-4-3-5-7-19)21-23(30)25-12-13-27(21)14-17-8-10-18(11-9-17)22(24)29/h3-11,21H,12-14H2,1-2H3,(H2,24,29)(H,25,30). The number of primary amides is 1. The van der Waals surface area contributed by atoms with Gasteiger partial charge in [-0.15, -0.1) is 0 Å². The van der Waals surface area contributed by atoms with Crippen molar-refractivity contribution in [3.8, 4) is 5.69 Å². The number of nitrogens with one attached hydrogen (secondary N) is 1. The summed E-state index contributed by atoms with van der Waals surface area (Å²) < 4.78 is 1.90. The minimum Gasteiger partial charge on any atom is -0.366 e. The predicted molar refractivity (Wildman–Crippen MR) is 114 cm³/mol. The third kappa shape index (κ3) is 3.71. The van der Waals surface area contributed by atoms with Crippen molar-refractivity contribution >= 4 is 11.8 Å². The Morgan fingerprint density at radius 1 is 1.13 bits per heavy atom. The highest BCUT2D eigenvalue weighted by Gasteiger charge is 2.35. The van der Waals surface area contributed by atoms with Crippen LogP contribution in [0, 0.1) is 13.8 Å². The maximum atomic E-state index is 12.9. The van der Waals surface area contributed by atoms with Crippen molar-refractivity contribution in [1.82, 2.24) is 20.0 Å². The fraction of sp³-hybridized carbons (Fsp3) is 0.261. The van der Waals surface area contributed by atoms with Crippen LogP contribution in [-0.4, -0.2) is 39.6 Å². The van der Waals surface area contributed by atoms with Gasteiger partial charge in [-0.3, -0.25) is 14.5 Å². The SMILES string of the molecule is Cc1nn(-c2ccccc2)c(C)c1C1C(=O)NCCN1Cc1ccc(C(N)=O)cc1. The normalized spacial score (nSPS) is 17.0. The molecular formula is C23H25N5O2. The van der Waals surface area contributed by atoms with Gasteiger partial charge in [-0.1, -0.05) is 30.3 Å². The Morgan fingerprint density at radius 2 is 1.83 bits per heavy atom. The zero-order valence-corrected chi connectivity index (χ0v) is 17.1. The maximum absolute atomic E-state index is 12.9. The van der Waals surface area contributed by atoms with E-state index in [9.17, 15) is 9.59 Å². The number of hydrogen-bond donors (Lipinski definition) is 2. The van der Waals surface area contributed by atoms with Gasteiger partial charge in [-0.2, -0.15) is 5.10 Å². The average molecular weight is 403 g/mol. The molecule has 0 radical (unpaired) electrons. The summed E-state index contributed by atoms with van der Waals surface area (Å²) in [6, 6.07) is 16.7. The minimum absolute atomic E-state index is 0.0196. The molecule has 7 heteroatoms. The second kappa shape index (κ2) is 8.12. The molecule has 0 saturated carbocycles. The summed E-state index contributed by atoms with van der Waals surface area (Å²) in [5.41, 5.74) is 10.5. The van der Waals surface area contributed by atoms with Crippen molar-refractivity contribution in [2.45, 2.75) is 26.4 Å². The van der Waals surface area contributed by atoms with E-state index in [1.165, 1.54) is 0 Å². The highest BCUT2D eigenvalue weighted by Crippen LogP contribution is 2.31. The van der Waals surface area contributed by atoms with Gasteiger partial charge in [0.25, 0.3) is 0 Å². The first-order valence-corrected chi connectivity index (χ1v) is 9.97. The molecule has 7 nitrogen and oxygen atoms in total. The van der Waals surface area contributed by atoms with E-state index in [0.717, 1.165) is 34.7 Å². The smallest absolute Gasteiger partial charge is 0.248 e. The molecule has 2 heterocycles. The molecule has 1 aromatic heterocycles. The van der Waals surface area contributed by atoms with Crippen LogP contribution in [-0.2, 0) is 11.3 Å². The fourth-order valence-corrected chi connectivity index (χ4v) is 4.08. The van der Waals surface area contributed by atoms with Crippen molar-refractivity contribution in [1.29, 1.82) is 0 Å². The van der Waals surface area contributed by atoms with Crippen molar-refractivity contribution in [3.05, 3.63) is 82.7 Å². The zero-order valence-electron chi connectivity index (χ0n) is 17.1. The van der Waals surface area contributed by atoms with Crippen LogP contribution in [0.1, 0.15) is 38.9 Å². The molecule has 0 aliphatic carbocycles. The van der Waals surface area contributed by atoms with Crippen LogP contribution in [0.3, 0.4) is 0 Å². The lowest BCUT2D eigenvalue weighted by Gasteiger charge is -2.35. The Hall–Kier alpha value is -3.45. The van der Waals surface area contributed by atoms with E-state index >= 15 is 0 Å². The molecule has 3 N–H and O–H groups in total. The summed E-state index contributed by atoms with van der Waals surface area (Å²) in [6.07, 6.45) is 0. The Bertz CT molecular complexity index is 1070. The number of carbonyl (C=O) groups is 2. The van der Waals surface area contributed by atoms with Crippen molar-refractivity contribution < 1.29 is 9.59 Å². The van der Waals surface area contributed by atoms with E-state index in [-0.39, 0.29) is 5.91 Å². The number of para-hydroxylation sites is 1. The van der Waals surface area contributed by atoms with Gasteiger partial charge in [0.1, 0.15) is 6.04 Å². The van der Waals surface area contributed by atoms with E-state index in [2.05, 4.69) is 10.2 Å². The van der Waals surface area contributed by atoms with Crippen LogP contribution in [0.2, 0.25) is 0 Å². The summed E-state index contributed by atoms with van der Waals surface area (Å²) in [5, 5.41) is 7.72. The molecule has 2 amide bonds. The summed E-state index contributed by atoms with van der Waals surface area (Å²) in [6.45, 7) is 5.86. The number of piperazine rings is 1. The van der Waals surface area contributed by atoms with Gasteiger partial charge in [0.2, 0.25) is 11.8 Å². The average Bonchev–Trinajstić information content (AvgIpc) is 3.03. The minimum atomic E-state index is -0.448. The molecule has 4 rings (SSSR count). The first-order valence-electron chi connectivity index (χ1n) is 9.97. The fourth-order valence-electron chi connectivity index (χ4n) is 4.08. The Morgan fingerprint density at radius 3 is 2.50 bits per heavy atom. The van der Waals surface area contributed by atoms with Gasteiger partial charge >= 0.3 is 0 Å². The zero-order chi connectivity index (χ0) is 21.3. The molecule has 2 aromatic carbocycles. The van der Waals surface area contributed by atoms with Gasteiger partial charge in [-0.05, 0) is 43.7 Å². The van der Waals surface area contributed by atoms with Gasteiger partial charge < -0.3 is 11.1 Å². The first kappa shape index (κ1) is 19.8. The molecule has 0 spiro atoms. The molecule has 30 heavy (non-hydrogen) atoms. The number of nitrogens with zero attached hydrogens (tertiary/aromatic N) is 3. The third-order valence-corrected chi connectivity index (χ3v) is 5.56. The van der Waals surface area contributed by atoms with E-state index in [0.29, 0.717) is 18.7 Å². The number of carbonyl (C=O) groups excluding carboxylic acids is 2. The van der Waals surface area contributed by atoms with Crippen molar-refractivity contribution in [3.63, 3.8) is 0 Å². The van der Waals surface area contributed by atoms with Gasteiger partial charge in [-0.25, -0.2) is 4.68 Å². The van der Waals surface area contributed by atoms with Crippen LogP contribution in [0.4, 0.5) is 0 Å². The van der Waals surface area contributed by atoms with Gasteiger partial charge in [0.15, 0.2) is 0 Å². The number of aryl methyl sites for hydroxylation is 1. The van der Waals surface area contributed by atoms with Crippen LogP contribution >= 0.6 is 0 Å². The van der Waals surface area contributed by atoms with Gasteiger partial charge in [0, 0.05) is 36.5 Å². The summed E-state index contributed by atoms with van der Waals surface area (Å²) in [7, 11) is 0. The van der Waals surface area contributed by atoms with Crippen molar-refractivity contribution in [2.75, 3.05) is 13.1 Å². The number of rotatable bonds is 5. The molecule has 0 bridgehead atoms. The van der Waals surface area contributed by atoms with E-state index in [1.807, 2.05) is 61.0 Å². The lowest BCUT2D eigenvalue weighted by molar-refractivity contribution is -0.129. The molecule has 1 aliphatic rings. The predicted octanol–water partition coefficient (Wildman–Crippen LogP) is 2.26. The van der Waals surface area contributed by atoms with E-state index < -0.39 is 11.9 Å². The second-order valence-corrected chi connectivity index (χ2v) is 7.56. The monoisotopic (exact) mass is 403 g/mol. The van der Waals surface area contributed by atoms with Crippen LogP contribution in [0.5, 0.6) is 0 Å². The molecule has 1 fully saturated rings. The molecular weight excluding hydrogens is 378 g/mol. The Kier molecular flexibility index (Phi) is 5.37. The van der Waals surface area contributed by atoms with E-state index in [1.54, 1.807) is 12.1 Å². The highest BCUT2D eigenvalue weighted by molar-refractivity contribution is 5.92. The van der Waals surface area contributed by atoms with Crippen LogP contribution in [0.15, 0.2) is 54.6 Å². The van der Waals surface area contributed by atoms with Crippen LogP contribution < -0.4 is 11.1 Å². The second-order valence-electron chi connectivity index (χ2n) is 7.56. The van der Waals surface area contributed by atoms with E-state index in [4.69, 9.17) is 10.8 Å².